The topological polar surface area (TPSA) is 35.2 Å². The molecule has 1 atom stereocenters. The molecule has 1 rings (SSSR count). The average Bonchev–Trinajstić information content (AvgIpc) is 2.49. The minimum Gasteiger partial charge on any atom is -0.496 e. The molecule has 0 aromatic carbocycles. The summed E-state index contributed by atoms with van der Waals surface area (Å²) < 4.78 is 5.22. The van der Waals surface area contributed by atoms with Gasteiger partial charge in [-0.1, -0.05) is 13.8 Å². The zero-order chi connectivity index (χ0) is 9.84. The fourth-order valence-electron chi connectivity index (χ4n) is 1.36. The second-order valence-corrected chi connectivity index (χ2v) is 4.54. The van der Waals surface area contributed by atoms with Crippen molar-refractivity contribution in [2.75, 3.05) is 7.11 Å². The average molecular weight is 199 g/mol. The Balaban J connectivity index is 2.69. The van der Waals surface area contributed by atoms with Gasteiger partial charge in [0.2, 0.25) is 0 Å². The Morgan fingerprint density at radius 1 is 1.54 bits per heavy atom. The van der Waals surface area contributed by atoms with E-state index in [1.165, 1.54) is 0 Å². The van der Waals surface area contributed by atoms with Gasteiger partial charge in [0.15, 0.2) is 0 Å². The second kappa shape index (κ2) is 4.63. The van der Waals surface area contributed by atoms with Crippen molar-refractivity contribution in [1.82, 2.24) is 0 Å². The maximum Gasteiger partial charge on any atom is 0.134 e. The summed E-state index contributed by atoms with van der Waals surface area (Å²) in [5, 5.41) is 2.02. The molecule has 0 aliphatic carbocycles. The fourth-order valence-corrected chi connectivity index (χ4v) is 2.24. The predicted molar refractivity (Wildman–Crippen MR) is 57.3 cm³/mol. The molecule has 2 N–H and O–H groups in total. The number of hydrogen-bond acceptors (Lipinski definition) is 3. The van der Waals surface area contributed by atoms with E-state index >= 15 is 0 Å². The Labute approximate surface area is 83.7 Å². The van der Waals surface area contributed by atoms with Crippen LogP contribution in [-0.4, -0.2) is 7.11 Å². The van der Waals surface area contributed by atoms with E-state index in [0.29, 0.717) is 5.92 Å². The molecule has 0 saturated heterocycles. The van der Waals surface area contributed by atoms with Crippen molar-refractivity contribution < 1.29 is 4.74 Å². The van der Waals surface area contributed by atoms with Crippen molar-refractivity contribution >= 4 is 11.3 Å². The number of ether oxygens (including phenoxy) is 1. The lowest BCUT2D eigenvalue weighted by atomic mass is 10.0. The molecule has 1 unspecified atom stereocenters. The first-order valence-electron chi connectivity index (χ1n) is 4.52. The highest BCUT2D eigenvalue weighted by atomic mass is 32.1. The van der Waals surface area contributed by atoms with Crippen LogP contribution < -0.4 is 10.5 Å². The van der Waals surface area contributed by atoms with E-state index in [1.54, 1.807) is 18.4 Å². The van der Waals surface area contributed by atoms with Gasteiger partial charge in [-0.2, -0.15) is 0 Å². The summed E-state index contributed by atoms with van der Waals surface area (Å²) >= 11 is 1.67. The first kappa shape index (κ1) is 10.5. The van der Waals surface area contributed by atoms with Gasteiger partial charge >= 0.3 is 0 Å². The van der Waals surface area contributed by atoms with Gasteiger partial charge in [-0.25, -0.2) is 0 Å². The SMILES string of the molecule is COc1ccsc1C(N)CC(C)C. The Kier molecular flexibility index (Phi) is 3.75. The van der Waals surface area contributed by atoms with E-state index < -0.39 is 0 Å². The third kappa shape index (κ3) is 2.71. The molecule has 0 bridgehead atoms. The summed E-state index contributed by atoms with van der Waals surface area (Å²) in [5.41, 5.74) is 6.05. The van der Waals surface area contributed by atoms with E-state index in [0.717, 1.165) is 17.0 Å². The Bertz CT molecular complexity index is 257. The first-order valence-corrected chi connectivity index (χ1v) is 5.40. The molecule has 0 aliphatic rings. The second-order valence-electron chi connectivity index (χ2n) is 3.59. The van der Waals surface area contributed by atoms with Crippen LogP contribution in [0.1, 0.15) is 31.2 Å². The van der Waals surface area contributed by atoms with Gasteiger partial charge in [0.1, 0.15) is 5.75 Å². The van der Waals surface area contributed by atoms with Crippen molar-refractivity contribution in [2.45, 2.75) is 26.3 Å². The molecular formula is C10H17NOS. The van der Waals surface area contributed by atoms with Gasteiger partial charge in [-0.3, -0.25) is 0 Å². The van der Waals surface area contributed by atoms with E-state index in [-0.39, 0.29) is 6.04 Å². The quantitative estimate of drug-likeness (QED) is 0.809. The lowest BCUT2D eigenvalue weighted by Gasteiger charge is -2.13. The number of nitrogens with two attached hydrogens (primary N) is 1. The van der Waals surface area contributed by atoms with Gasteiger partial charge in [-0.15, -0.1) is 11.3 Å². The number of hydrogen-bond donors (Lipinski definition) is 1. The van der Waals surface area contributed by atoms with Gasteiger partial charge in [0.05, 0.1) is 12.0 Å². The number of rotatable bonds is 4. The maximum absolute atomic E-state index is 6.05. The Morgan fingerprint density at radius 3 is 2.77 bits per heavy atom. The molecule has 2 nitrogen and oxygen atoms in total. The van der Waals surface area contributed by atoms with Gasteiger partial charge in [0, 0.05) is 6.04 Å². The van der Waals surface area contributed by atoms with Crippen LogP contribution in [0.5, 0.6) is 5.75 Å². The highest BCUT2D eigenvalue weighted by Crippen LogP contribution is 2.32. The summed E-state index contributed by atoms with van der Waals surface area (Å²) in [4.78, 5) is 1.16. The van der Waals surface area contributed by atoms with Crippen LogP contribution in [0.15, 0.2) is 11.4 Å². The lowest BCUT2D eigenvalue weighted by Crippen LogP contribution is -2.12. The van der Waals surface area contributed by atoms with Gasteiger partial charge in [-0.05, 0) is 23.8 Å². The van der Waals surface area contributed by atoms with E-state index in [9.17, 15) is 0 Å². The van der Waals surface area contributed by atoms with Crippen molar-refractivity contribution in [3.63, 3.8) is 0 Å². The monoisotopic (exact) mass is 199 g/mol. The van der Waals surface area contributed by atoms with E-state index in [1.807, 2.05) is 11.4 Å². The number of methoxy groups -OCH3 is 1. The third-order valence-corrected chi connectivity index (χ3v) is 2.97. The molecule has 3 heteroatoms. The molecule has 1 aromatic heterocycles. The molecule has 74 valence electrons. The van der Waals surface area contributed by atoms with Crippen LogP contribution in [0.2, 0.25) is 0 Å². The van der Waals surface area contributed by atoms with Crippen LogP contribution in [-0.2, 0) is 0 Å². The summed E-state index contributed by atoms with van der Waals surface area (Å²) in [7, 11) is 1.69. The molecule has 0 fully saturated rings. The first-order chi connectivity index (χ1) is 6.15. The third-order valence-electron chi connectivity index (χ3n) is 1.94. The van der Waals surface area contributed by atoms with Crippen molar-refractivity contribution in [1.29, 1.82) is 0 Å². The largest absolute Gasteiger partial charge is 0.496 e. The lowest BCUT2D eigenvalue weighted by molar-refractivity contribution is 0.403. The molecule has 0 radical (unpaired) electrons. The van der Waals surface area contributed by atoms with Crippen molar-refractivity contribution in [3.8, 4) is 5.75 Å². The molecule has 13 heavy (non-hydrogen) atoms. The zero-order valence-corrected chi connectivity index (χ0v) is 9.23. The van der Waals surface area contributed by atoms with E-state index in [4.69, 9.17) is 10.5 Å². The van der Waals surface area contributed by atoms with E-state index in [2.05, 4.69) is 13.8 Å². The molecule has 0 aliphatic heterocycles. The van der Waals surface area contributed by atoms with Crippen LogP contribution in [0, 0.1) is 5.92 Å². The van der Waals surface area contributed by atoms with Crippen molar-refractivity contribution in [2.24, 2.45) is 11.7 Å². The summed E-state index contributed by atoms with van der Waals surface area (Å²) in [5.74, 6) is 1.56. The predicted octanol–water partition coefficient (Wildman–Crippen LogP) is 2.80. The molecule has 1 aromatic rings. The van der Waals surface area contributed by atoms with Crippen molar-refractivity contribution in [3.05, 3.63) is 16.3 Å². The van der Waals surface area contributed by atoms with Crippen LogP contribution in [0.25, 0.3) is 0 Å². The number of thiophene rings is 1. The smallest absolute Gasteiger partial charge is 0.134 e. The minimum absolute atomic E-state index is 0.120. The van der Waals surface area contributed by atoms with Crippen LogP contribution >= 0.6 is 11.3 Å². The van der Waals surface area contributed by atoms with Gasteiger partial charge in [0.25, 0.3) is 0 Å². The van der Waals surface area contributed by atoms with Gasteiger partial charge < -0.3 is 10.5 Å². The summed E-state index contributed by atoms with van der Waals surface area (Å²) in [6, 6.07) is 2.09. The standard InChI is InChI=1S/C10H17NOS/c1-7(2)6-8(11)10-9(12-3)4-5-13-10/h4-5,7-8H,6,11H2,1-3H3. The molecule has 0 amide bonds. The zero-order valence-electron chi connectivity index (χ0n) is 8.41. The van der Waals surface area contributed by atoms with Crippen LogP contribution in [0.4, 0.5) is 0 Å². The molecule has 1 heterocycles. The summed E-state index contributed by atoms with van der Waals surface area (Å²) in [6.07, 6.45) is 1.01. The molecular weight excluding hydrogens is 182 g/mol. The normalized spacial score (nSPS) is 13.3. The fraction of sp³-hybridized carbons (Fsp3) is 0.600. The highest BCUT2D eigenvalue weighted by molar-refractivity contribution is 7.10. The minimum atomic E-state index is 0.120. The highest BCUT2D eigenvalue weighted by Gasteiger charge is 2.14. The molecule has 0 saturated carbocycles. The molecule has 0 spiro atoms. The maximum atomic E-state index is 6.05. The summed E-state index contributed by atoms with van der Waals surface area (Å²) in [6.45, 7) is 4.36. The Morgan fingerprint density at radius 2 is 2.23 bits per heavy atom. The van der Waals surface area contributed by atoms with Crippen LogP contribution in [0.3, 0.4) is 0 Å². The Hall–Kier alpha value is -0.540.